The van der Waals surface area contributed by atoms with Crippen LogP contribution in [0.5, 0.6) is 0 Å². The number of piperidine rings is 1. The second kappa shape index (κ2) is 9.97. The third-order valence-electron chi connectivity index (χ3n) is 6.80. The molecule has 0 spiro atoms. The topological polar surface area (TPSA) is 90.5 Å². The van der Waals surface area contributed by atoms with Crippen LogP contribution in [-0.4, -0.2) is 45.9 Å². The van der Waals surface area contributed by atoms with E-state index < -0.39 is 0 Å². The minimum atomic E-state index is -0.241. The van der Waals surface area contributed by atoms with Crippen LogP contribution in [0.4, 0.5) is 21.9 Å². The molecular weight excluding hydrogens is 484 g/mol. The van der Waals surface area contributed by atoms with Gasteiger partial charge in [-0.1, -0.05) is 27.0 Å². The van der Waals surface area contributed by atoms with Crippen molar-refractivity contribution in [1.82, 2.24) is 20.2 Å². The molecule has 3 amide bonds. The van der Waals surface area contributed by atoms with E-state index in [1.807, 2.05) is 13.0 Å². The zero-order valence-electron chi connectivity index (χ0n) is 21.5. The molecule has 0 aliphatic carbocycles. The molecule has 0 saturated carbocycles. The minimum absolute atomic E-state index is 0.0581. The highest BCUT2D eigenvalue weighted by atomic mass is 32.1. The van der Waals surface area contributed by atoms with Crippen molar-refractivity contribution in [1.29, 1.82) is 0 Å². The van der Waals surface area contributed by atoms with Crippen LogP contribution in [0.2, 0.25) is 0 Å². The lowest BCUT2D eigenvalue weighted by atomic mass is 10.0. The van der Waals surface area contributed by atoms with Gasteiger partial charge in [0.2, 0.25) is 5.91 Å². The molecule has 5 rings (SSSR count). The Morgan fingerprint density at radius 3 is 2.89 bits per heavy atom. The highest BCUT2D eigenvalue weighted by Gasteiger charge is 2.33. The third-order valence-corrected chi connectivity index (χ3v) is 7.96. The molecule has 1 saturated heterocycles. The van der Waals surface area contributed by atoms with E-state index in [-0.39, 0.29) is 18.0 Å². The Morgan fingerprint density at radius 2 is 2.16 bits per heavy atom. The number of likely N-dealkylation sites (tertiary alicyclic amines) is 1. The predicted molar refractivity (Wildman–Crippen MR) is 150 cm³/mol. The fraction of sp³-hybridized carbons (Fsp3) is 0.357. The molecule has 2 aliphatic heterocycles. The van der Waals surface area contributed by atoms with Gasteiger partial charge >= 0.3 is 6.03 Å². The van der Waals surface area contributed by atoms with Crippen LogP contribution in [0.25, 0.3) is 15.9 Å². The third kappa shape index (κ3) is 4.71. The number of aromatic nitrogens is 2. The molecule has 37 heavy (non-hydrogen) atoms. The molecule has 1 fully saturated rings. The van der Waals surface area contributed by atoms with Crippen LogP contribution < -0.4 is 15.5 Å². The van der Waals surface area contributed by atoms with E-state index in [1.54, 1.807) is 22.2 Å². The number of hydrogen-bond donors (Lipinski definition) is 2. The van der Waals surface area contributed by atoms with Gasteiger partial charge in [-0.25, -0.2) is 9.78 Å². The first-order valence-corrected chi connectivity index (χ1v) is 13.4. The Bertz CT molecular complexity index is 1410. The van der Waals surface area contributed by atoms with Crippen LogP contribution in [0.15, 0.2) is 43.8 Å². The zero-order chi connectivity index (χ0) is 26.3. The number of anilines is 3. The van der Waals surface area contributed by atoms with Crippen molar-refractivity contribution in [2.75, 3.05) is 23.3 Å². The maximum atomic E-state index is 13.5. The molecule has 1 atom stereocenters. The van der Waals surface area contributed by atoms with Crippen molar-refractivity contribution in [3.05, 3.63) is 59.9 Å². The number of nitrogens with one attached hydrogen (secondary N) is 2. The fourth-order valence-corrected chi connectivity index (χ4v) is 6.20. The molecule has 8 nitrogen and oxygen atoms in total. The number of thiophene rings is 1. The molecular formula is C28H32N6O2S. The SMILES string of the molecule is C=CC(=O)N1CCC[C@@H](NC(=C)c2sc3nccc4c3c2NC(=O)N4c2cnc(CC(C)C)cc2C)C1. The molecule has 9 heteroatoms. The lowest BCUT2D eigenvalue weighted by molar-refractivity contribution is -0.127. The summed E-state index contributed by atoms with van der Waals surface area (Å²) in [6.07, 6.45) is 7.61. The number of pyridine rings is 2. The molecule has 192 valence electrons. The summed E-state index contributed by atoms with van der Waals surface area (Å²) in [5.41, 5.74) is 4.98. The van der Waals surface area contributed by atoms with Gasteiger partial charge in [0.1, 0.15) is 4.83 Å². The molecule has 2 aliphatic rings. The normalized spacial score (nSPS) is 17.2. The molecule has 2 N–H and O–H groups in total. The quantitative estimate of drug-likeness (QED) is 0.398. The number of carbonyl (C=O) groups is 2. The van der Waals surface area contributed by atoms with E-state index in [4.69, 9.17) is 0 Å². The maximum Gasteiger partial charge on any atom is 0.331 e. The lowest BCUT2D eigenvalue weighted by Gasteiger charge is -2.33. The standard InChI is InChI=1S/C28H32N6O2S/c1-6-23(35)33-11-7-8-19(15-33)31-18(5)26-25-24-21(9-10-29-27(24)37-26)34(28(36)32-25)22-14-30-20(12-16(2)3)13-17(22)4/h6,9-10,13-14,16,19,31H,1,5,7-8,11-12,15H2,2-4H3,(H,32,36)/t19-/m1/s1. The summed E-state index contributed by atoms with van der Waals surface area (Å²) in [5.74, 6) is 0.445. The van der Waals surface area contributed by atoms with Crippen molar-refractivity contribution in [2.45, 2.75) is 46.1 Å². The number of urea groups is 1. The summed E-state index contributed by atoms with van der Waals surface area (Å²) >= 11 is 1.50. The molecule has 3 aromatic rings. The van der Waals surface area contributed by atoms with Crippen molar-refractivity contribution in [2.24, 2.45) is 5.92 Å². The van der Waals surface area contributed by atoms with Gasteiger partial charge in [0.25, 0.3) is 0 Å². The minimum Gasteiger partial charge on any atom is -0.380 e. The van der Waals surface area contributed by atoms with Crippen LogP contribution in [-0.2, 0) is 11.2 Å². The molecule has 3 aromatic heterocycles. The second-order valence-electron chi connectivity index (χ2n) is 10.1. The number of amides is 3. The number of rotatable bonds is 7. The number of nitrogens with zero attached hydrogens (tertiary/aromatic N) is 4. The van der Waals surface area contributed by atoms with Gasteiger partial charge in [-0.3, -0.25) is 14.7 Å². The maximum absolute atomic E-state index is 13.5. The van der Waals surface area contributed by atoms with Gasteiger partial charge in [0, 0.05) is 36.7 Å². The van der Waals surface area contributed by atoms with Crippen molar-refractivity contribution in [3.8, 4) is 0 Å². The zero-order valence-corrected chi connectivity index (χ0v) is 22.3. The largest absolute Gasteiger partial charge is 0.380 e. The van der Waals surface area contributed by atoms with Crippen molar-refractivity contribution >= 4 is 56.3 Å². The second-order valence-corrected chi connectivity index (χ2v) is 11.1. The summed E-state index contributed by atoms with van der Waals surface area (Å²) in [6, 6.07) is 3.77. The van der Waals surface area contributed by atoms with Gasteiger partial charge in [-0.2, -0.15) is 0 Å². The smallest absolute Gasteiger partial charge is 0.331 e. The number of carbonyl (C=O) groups excluding carboxylic acids is 2. The van der Waals surface area contributed by atoms with Crippen LogP contribution in [0, 0.1) is 12.8 Å². The van der Waals surface area contributed by atoms with E-state index in [0.717, 1.165) is 69.2 Å². The van der Waals surface area contributed by atoms with Gasteiger partial charge < -0.3 is 15.5 Å². The average Bonchev–Trinajstić information content (AvgIpc) is 3.24. The van der Waals surface area contributed by atoms with Crippen LogP contribution in [0.3, 0.4) is 0 Å². The van der Waals surface area contributed by atoms with Gasteiger partial charge in [0.15, 0.2) is 0 Å². The highest BCUT2D eigenvalue weighted by molar-refractivity contribution is 7.20. The Balaban J connectivity index is 1.46. The summed E-state index contributed by atoms with van der Waals surface area (Å²) < 4.78 is 0. The first-order valence-electron chi connectivity index (χ1n) is 12.6. The van der Waals surface area contributed by atoms with Crippen LogP contribution >= 0.6 is 11.3 Å². The summed E-state index contributed by atoms with van der Waals surface area (Å²) in [7, 11) is 0. The highest BCUT2D eigenvalue weighted by Crippen LogP contribution is 2.47. The Labute approximate surface area is 221 Å². The number of hydrogen-bond acceptors (Lipinski definition) is 6. The van der Waals surface area contributed by atoms with Gasteiger partial charge in [-0.05, 0) is 55.9 Å². The van der Waals surface area contributed by atoms with Crippen molar-refractivity contribution < 1.29 is 9.59 Å². The van der Waals surface area contributed by atoms with E-state index in [2.05, 4.69) is 53.7 Å². The summed E-state index contributed by atoms with van der Waals surface area (Å²) in [5, 5.41) is 7.49. The fourth-order valence-electron chi connectivity index (χ4n) is 5.14. The average molecular weight is 517 g/mol. The Kier molecular flexibility index (Phi) is 6.72. The van der Waals surface area contributed by atoms with Crippen molar-refractivity contribution in [3.63, 3.8) is 0 Å². The molecule has 0 radical (unpaired) electrons. The van der Waals surface area contributed by atoms with E-state index in [9.17, 15) is 9.59 Å². The van der Waals surface area contributed by atoms with E-state index >= 15 is 0 Å². The number of aryl methyl sites for hydroxylation is 1. The van der Waals surface area contributed by atoms with Gasteiger partial charge in [0.05, 0.1) is 33.5 Å². The van der Waals surface area contributed by atoms with Gasteiger partial charge in [-0.15, -0.1) is 11.3 Å². The van der Waals surface area contributed by atoms with E-state index in [1.165, 1.54) is 17.4 Å². The Hall–Kier alpha value is -3.72. The van der Waals surface area contributed by atoms with Crippen LogP contribution in [0.1, 0.15) is 42.8 Å². The predicted octanol–water partition coefficient (Wildman–Crippen LogP) is 5.62. The monoisotopic (exact) mass is 516 g/mol. The first kappa shape index (κ1) is 25.0. The first-order chi connectivity index (χ1) is 17.8. The Morgan fingerprint density at radius 1 is 1.35 bits per heavy atom. The lowest BCUT2D eigenvalue weighted by Crippen LogP contribution is -2.46. The molecule has 5 heterocycles. The summed E-state index contributed by atoms with van der Waals surface area (Å²) in [4.78, 5) is 40.0. The molecule has 0 bridgehead atoms. The van der Waals surface area contributed by atoms with E-state index in [0.29, 0.717) is 18.2 Å². The summed E-state index contributed by atoms with van der Waals surface area (Å²) in [6.45, 7) is 15.6. The molecule has 0 unspecified atom stereocenters. The molecule has 0 aromatic carbocycles.